The highest BCUT2D eigenvalue weighted by atomic mass is 35.5. The molecule has 4 heteroatoms. The number of carbonyl (C=O) groups excluding carboxylic acids is 1. The quantitative estimate of drug-likeness (QED) is 0.835. The van der Waals surface area contributed by atoms with E-state index in [0.717, 1.165) is 25.1 Å². The molecule has 0 saturated carbocycles. The van der Waals surface area contributed by atoms with E-state index in [9.17, 15) is 4.79 Å². The Labute approximate surface area is 100 Å². The molecule has 1 aliphatic rings. The first-order valence-corrected chi connectivity index (χ1v) is 5.86. The van der Waals surface area contributed by atoms with Crippen LogP contribution in [0.4, 0.5) is 0 Å². The van der Waals surface area contributed by atoms with E-state index in [4.69, 9.17) is 11.6 Å². The molecule has 3 nitrogen and oxygen atoms in total. The van der Waals surface area contributed by atoms with E-state index in [1.165, 1.54) is 0 Å². The Bertz CT molecular complexity index is 375. The minimum Gasteiger partial charge on any atom is -0.352 e. The van der Waals surface area contributed by atoms with E-state index < -0.39 is 0 Å². The van der Waals surface area contributed by atoms with Crippen molar-refractivity contribution in [1.82, 2.24) is 10.6 Å². The Balaban J connectivity index is 1.86. The Morgan fingerprint density at radius 2 is 2.44 bits per heavy atom. The molecule has 0 radical (unpaired) electrons. The Hall–Kier alpha value is -1.06. The molecule has 2 N–H and O–H groups in total. The Morgan fingerprint density at radius 3 is 3.12 bits per heavy atom. The average molecular weight is 239 g/mol. The van der Waals surface area contributed by atoms with Crippen LogP contribution < -0.4 is 10.6 Å². The largest absolute Gasteiger partial charge is 0.352 e. The van der Waals surface area contributed by atoms with Crippen molar-refractivity contribution < 1.29 is 4.79 Å². The predicted molar refractivity (Wildman–Crippen MR) is 64.6 cm³/mol. The highest BCUT2D eigenvalue weighted by Gasteiger charge is 2.16. The zero-order chi connectivity index (χ0) is 11.4. The highest BCUT2D eigenvalue weighted by molar-refractivity contribution is 6.30. The maximum Gasteiger partial charge on any atom is 0.224 e. The van der Waals surface area contributed by atoms with E-state index in [1.807, 2.05) is 24.3 Å². The van der Waals surface area contributed by atoms with E-state index >= 15 is 0 Å². The van der Waals surface area contributed by atoms with Crippen LogP contribution in [0.25, 0.3) is 0 Å². The SMILES string of the molecule is O=C(Cc1cccc(Cl)c1)NC1CCNC1. The van der Waals surface area contributed by atoms with Crippen molar-refractivity contribution >= 4 is 17.5 Å². The van der Waals surface area contributed by atoms with Crippen molar-refractivity contribution in [2.24, 2.45) is 0 Å². The molecule has 1 aromatic rings. The monoisotopic (exact) mass is 238 g/mol. The van der Waals surface area contributed by atoms with Crippen LogP contribution in [0.5, 0.6) is 0 Å². The number of halogens is 1. The van der Waals surface area contributed by atoms with Gasteiger partial charge in [0.2, 0.25) is 5.91 Å². The number of hydrogen-bond donors (Lipinski definition) is 2. The number of rotatable bonds is 3. The number of nitrogens with one attached hydrogen (secondary N) is 2. The van der Waals surface area contributed by atoms with Crippen molar-refractivity contribution in [3.05, 3.63) is 34.9 Å². The fraction of sp³-hybridized carbons (Fsp3) is 0.417. The second-order valence-electron chi connectivity index (χ2n) is 4.06. The first kappa shape index (κ1) is 11.4. The maximum atomic E-state index is 11.7. The van der Waals surface area contributed by atoms with Crippen molar-refractivity contribution in [2.75, 3.05) is 13.1 Å². The van der Waals surface area contributed by atoms with Crippen molar-refractivity contribution in [1.29, 1.82) is 0 Å². The lowest BCUT2D eigenvalue weighted by molar-refractivity contribution is -0.121. The van der Waals surface area contributed by atoms with Gasteiger partial charge in [0.05, 0.1) is 6.42 Å². The fourth-order valence-corrected chi connectivity index (χ4v) is 2.10. The molecule has 0 aromatic heterocycles. The maximum absolute atomic E-state index is 11.7. The summed E-state index contributed by atoms with van der Waals surface area (Å²) in [6.07, 6.45) is 1.42. The van der Waals surface area contributed by atoms with Crippen LogP contribution in [-0.2, 0) is 11.2 Å². The molecule has 1 amide bonds. The molecule has 86 valence electrons. The van der Waals surface area contributed by atoms with Crippen LogP contribution >= 0.6 is 11.6 Å². The van der Waals surface area contributed by atoms with Gasteiger partial charge in [-0.2, -0.15) is 0 Å². The summed E-state index contributed by atoms with van der Waals surface area (Å²) in [5.41, 5.74) is 0.955. The lowest BCUT2D eigenvalue weighted by Gasteiger charge is -2.11. The summed E-state index contributed by atoms with van der Waals surface area (Å²) in [7, 11) is 0. The van der Waals surface area contributed by atoms with Gasteiger partial charge in [0.1, 0.15) is 0 Å². The summed E-state index contributed by atoms with van der Waals surface area (Å²) < 4.78 is 0. The van der Waals surface area contributed by atoms with Crippen molar-refractivity contribution in [3.8, 4) is 0 Å². The van der Waals surface area contributed by atoms with Gasteiger partial charge in [-0.15, -0.1) is 0 Å². The van der Waals surface area contributed by atoms with Gasteiger partial charge in [0.25, 0.3) is 0 Å². The minimum atomic E-state index is 0.0657. The van der Waals surface area contributed by atoms with Gasteiger partial charge in [-0.1, -0.05) is 23.7 Å². The number of amides is 1. The van der Waals surface area contributed by atoms with Crippen molar-refractivity contribution in [2.45, 2.75) is 18.9 Å². The first-order chi connectivity index (χ1) is 7.74. The lowest BCUT2D eigenvalue weighted by atomic mass is 10.1. The molecule has 0 aliphatic carbocycles. The molecule has 1 aliphatic heterocycles. The molecular weight excluding hydrogens is 224 g/mol. The summed E-state index contributed by atoms with van der Waals surface area (Å²) >= 11 is 5.86. The molecular formula is C12H15ClN2O. The third-order valence-electron chi connectivity index (χ3n) is 2.68. The summed E-state index contributed by atoms with van der Waals surface area (Å²) in [6, 6.07) is 7.70. The zero-order valence-electron chi connectivity index (χ0n) is 9.00. The first-order valence-electron chi connectivity index (χ1n) is 5.48. The average Bonchev–Trinajstić information content (AvgIpc) is 2.70. The molecule has 1 heterocycles. The van der Waals surface area contributed by atoms with Gasteiger partial charge in [-0.05, 0) is 30.7 Å². The predicted octanol–water partition coefficient (Wildman–Crippen LogP) is 1.36. The van der Waals surface area contributed by atoms with Gasteiger partial charge in [0, 0.05) is 17.6 Å². The second-order valence-corrected chi connectivity index (χ2v) is 4.50. The standard InChI is InChI=1S/C12H15ClN2O/c13-10-3-1-2-9(6-10)7-12(16)15-11-4-5-14-8-11/h1-3,6,11,14H,4-5,7-8H2,(H,15,16). The van der Waals surface area contributed by atoms with E-state index in [0.29, 0.717) is 11.4 Å². The molecule has 16 heavy (non-hydrogen) atoms. The normalized spacial score (nSPS) is 19.7. The fourth-order valence-electron chi connectivity index (χ4n) is 1.89. The van der Waals surface area contributed by atoms with Gasteiger partial charge in [0.15, 0.2) is 0 Å². The molecule has 2 rings (SSSR count). The molecule has 1 saturated heterocycles. The molecule has 1 aromatic carbocycles. The Kier molecular flexibility index (Phi) is 3.80. The second kappa shape index (κ2) is 5.32. The highest BCUT2D eigenvalue weighted by Crippen LogP contribution is 2.11. The van der Waals surface area contributed by atoms with Crippen LogP contribution in [0.2, 0.25) is 5.02 Å². The Morgan fingerprint density at radius 1 is 1.56 bits per heavy atom. The van der Waals surface area contributed by atoms with Crippen LogP contribution in [-0.4, -0.2) is 25.0 Å². The summed E-state index contributed by atoms with van der Waals surface area (Å²) in [4.78, 5) is 11.7. The number of benzene rings is 1. The summed E-state index contributed by atoms with van der Waals surface area (Å²) in [6.45, 7) is 1.86. The van der Waals surface area contributed by atoms with Crippen LogP contribution in [0.15, 0.2) is 24.3 Å². The summed E-state index contributed by atoms with van der Waals surface area (Å²) in [5.74, 6) is 0.0657. The summed E-state index contributed by atoms with van der Waals surface area (Å²) in [5, 5.41) is 6.89. The van der Waals surface area contributed by atoms with Gasteiger partial charge in [-0.3, -0.25) is 4.79 Å². The molecule has 1 unspecified atom stereocenters. The van der Waals surface area contributed by atoms with Crippen molar-refractivity contribution in [3.63, 3.8) is 0 Å². The van der Waals surface area contributed by atoms with Gasteiger partial charge in [-0.25, -0.2) is 0 Å². The lowest BCUT2D eigenvalue weighted by Crippen LogP contribution is -2.37. The van der Waals surface area contributed by atoms with E-state index in [-0.39, 0.29) is 11.9 Å². The zero-order valence-corrected chi connectivity index (χ0v) is 9.76. The molecule has 0 spiro atoms. The van der Waals surface area contributed by atoms with E-state index in [2.05, 4.69) is 10.6 Å². The molecule has 0 bridgehead atoms. The van der Waals surface area contributed by atoms with Crippen LogP contribution in [0, 0.1) is 0 Å². The van der Waals surface area contributed by atoms with E-state index in [1.54, 1.807) is 0 Å². The third kappa shape index (κ3) is 3.22. The minimum absolute atomic E-state index is 0.0657. The van der Waals surface area contributed by atoms with Crippen LogP contribution in [0.3, 0.4) is 0 Å². The van der Waals surface area contributed by atoms with Gasteiger partial charge < -0.3 is 10.6 Å². The topological polar surface area (TPSA) is 41.1 Å². The molecule has 1 fully saturated rings. The number of hydrogen-bond acceptors (Lipinski definition) is 2. The number of carbonyl (C=O) groups is 1. The third-order valence-corrected chi connectivity index (χ3v) is 2.91. The van der Waals surface area contributed by atoms with Gasteiger partial charge >= 0.3 is 0 Å². The smallest absolute Gasteiger partial charge is 0.224 e. The van der Waals surface area contributed by atoms with Crippen LogP contribution in [0.1, 0.15) is 12.0 Å². The molecule has 1 atom stereocenters.